The molecule has 3 N–H and O–H groups in total. The third-order valence-electron chi connectivity index (χ3n) is 2.28. The van der Waals surface area contributed by atoms with Crippen LogP contribution in [0, 0.1) is 0 Å². The molecule has 0 radical (unpaired) electrons. The van der Waals surface area contributed by atoms with Gasteiger partial charge in [-0.2, -0.15) is 0 Å². The summed E-state index contributed by atoms with van der Waals surface area (Å²) >= 11 is 0. The Morgan fingerprint density at radius 2 is 2.11 bits per heavy atom. The van der Waals surface area contributed by atoms with Gasteiger partial charge in [0.25, 0.3) is 0 Å². The smallest absolute Gasteiger partial charge is 0.339 e. The number of nitrogens with two attached hydrogens (primary N) is 1. The number of esters is 1. The van der Waals surface area contributed by atoms with Crippen molar-refractivity contribution in [1.29, 1.82) is 0 Å². The van der Waals surface area contributed by atoms with Crippen LogP contribution in [0.3, 0.4) is 0 Å². The number of anilines is 1. The summed E-state index contributed by atoms with van der Waals surface area (Å²) in [6.45, 7) is 0.198. The Morgan fingerprint density at radius 3 is 2.72 bits per heavy atom. The fourth-order valence-corrected chi connectivity index (χ4v) is 1.38. The van der Waals surface area contributed by atoms with Gasteiger partial charge in [0.1, 0.15) is 5.56 Å². The summed E-state index contributed by atoms with van der Waals surface area (Å²) < 4.78 is 9.79. The minimum Gasteiger partial charge on any atom is -0.490 e. The second kappa shape index (κ2) is 6.48. The van der Waals surface area contributed by atoms with Gasteiger partial charge in [-0.25, -0.2) is 4.79 Å². The Bertz CT molecular complexity index is 444. The monoisotopic (exact) mass is 253 g/mol. The van der Waals surface area contributed by atoms with E-state index in [-0.39, 0.29) is 36.0 Å². The van der Waals surface area contributed by atoms with Crippen LogP contribution in [0.4, 0.5) is 5.69 Å². The first-order valence-electron chi connectivity index (χ1n) is 5.37. The number of benzene rings is 1. The number of rotatable bonds is 6. The molecule has 0 aliphatic heterocycles. The number of nitrogen functional groups attached to an aromatic ring is 1. The van der Waals surface area contributed by atoms with Crippen molar-refractivity contribution >= 4 is 17.6 Å². The normalized spacial score (nSPS) is 9.83. The maximum Gasteiger partial charge on any atom is 0.339 e. The van der Waals surface area contributed by atoms with Gasteiger partial charge >= 0.3 is 11.9 Å². The van der Waals surface area contributed by atoms with E-state index in [1.54, 1.807) is 12.1 Å². The molecule has 0 unspecified atom stereocenters. The summed E-state index contributed by atoms with van der Waals surface area (Å²) in [4.78, 5) is 21.8. The second-order valence-electron chi connectivity index (χ2n) is 3.56. The van der Waals surface area contributed by atoms with E-state index in [4.69, 9.17) is 15.6 Å². The van der Waals surface area contributed by atoms with Gasteiger partial charge in [0, 0.05) is 6.42 Å². The molecule has 0 saturated carbocycles. The minimum absolute atomic E-state index is 0.00747. The van der Waals surface area contributed by atoms with E-state index < -0.39 is 5.97 Å². The molecule has 0 amide bonds. The fraction of sp³-hybridized carbons (Fsp3) is 0.333. The SMILES string of the molecule is COC(=O)CCCOc1c(N)cccc1C(=O)O. The van der Waals surface area contributed by atoms with Crippen molar-refractivity contribution in [2.45, 2.75) is 12.8 Å². The molecule has 98 valence electrons. The average Bonchev–Trinajstić information content (AvgIpc) is 2.35. The Hall–Kier alpha value is -2.24. The predicted molar refractivity (Wildman–Crippen MR) is 64.6 cm³/mol. The van der Waals surface area contributed by atoms with Crippen molar-refractivity contribution in [2.24, 2.45) is 0 Å². The lowest BCUT2D eigenvalue weighted by Crippen LogP contribution is -2.09. The van der Waals surface area contributed by atoms with Crippen LogP contribution < -0.4 is 10.5 Å². The maximum atomic E-state index is 11.0. The van der Waals surface area contributed by atoms with Gasteiger partial charge in [0.05, 0.1) is 19.4 Å². The number of carboxylic acid groups (broad SMARTS) is 1. The van der Waals surface area contributed by atoms with E-state index in [1.165, 1.54) is 13.2 Å². The number of hydrogen-bond donors (Lipinski definition) is 2. The van der Waals surface area contributed by atoms with Gasteiger partial charge in [-0.1, -0.05) is 6.07 Å². The van der Waals surface area contributed by atoms with Crippen molar-refractivity contribution in [2.75, 3.05) is 19.5 Å². The number of carbonyl (C=O) groups is 2. The summed E-state index contributed by atoms with van der Waals surface area (Å²) in [5.41, 5.74) is 5.91. The number of para-hydroxylation sites is 1. The molecule has 1 aromatic rings. The van der Waals surface area contributed by atoms with Crippen LogP contribution in [0.1, 0.15) is 23.2 Å². The lowest BCUT2D eigenvalue weighted by Gasteiger charge is -2.11. The van der Waals surface area contributed by atoms with Crippen molar-refractivity contribution in [3.63, 3.8) is 0 Å². The molecule has 0 aliphatic carbocycles. The van der Waals surface area contributed by atoms with Gasteiger partial charge in [-0.15, -0.1) is 0 Å². The molecule has 0 bridgehead atoms. The van der Waals surface area contributed by atoms with Crippen molar-refractivity contribution in [3.8, 4) is 5.75 Å². The molecule has 0 spiro atoms. The summed E-state index contributed by atoms with van der Waals surface area (Å²) in [5.74, 6) is -1.31. The zero-order valence-electron chi connectivity index (χ0n) is 10.0. The molecule has 1 rings (SSSR count). The first kappa shape index (κ1) is 13.8. The fourth-order valence-electron chi connectivity index (χ4n) is 1.38. The standard InChI is InChI=1S/C12H15NO5/c1-17-10(14)6-3-7-18-11-8(12(15)16)4-2-5-9(11)13/h2,4-5H,3,6-7,13H2,1H3,(H,15,16). The second-order valence-corrected chi connectivity index (χ2v) is 3.56. The molecular weight excluding hydrogens is 238 g/mol. The first-order valence-corrected chi connectivity index (χ1v) is 5.37. The lowest BCUT2D eigenvalue weighted by atomic mass is 10.2. The van der Waals surface area contributed by atoms with Crippen molar-refractivity contribution < 1.29 is 24.2 Å². The highest BCUT2D eigenvalue weighted by atomic mass is 16.5. The molecule has 0 heterocycles. The summed E-state index contributed by atoms with van der Waals surface area (Å²) in [7, 11) is 1.31. The molecule has 6 heteroatoms. The van der Waals surface area contributed by atoms with Crippen LogP contribution in [-0.4, -0.2) is 30.8 Å². The molecule has 0 atom stereocenters. The maximum absolute atomic E-state index is 11.0. The van der Waals surface area contributed by atoms with Crippen molar-refractivity contribution in [1.82, 2.24) is 0 Å². The van der Waals surface area contributed by atoms with Crippen LogP contribution in [0.5, 0.6) is 5.75 Å². The van der Waals surface area contributed by atoms with E-state index in [9.17, 15) is 9.59 Å². The minimum atomic E-state index is -1.11. The number of hydrogen-bond acceptors (Lipinski definition) is 5. The van der Waals surface area contributed by atoms with Gasteiger partial charge in [-0.3, -0.25) is 4.79 Å². The average molecular weight is 253 g/mol. The van der Waals surface area contributed by atoms with E-state index in [0.717, 1.165) is 0 Å². The number of ether oxygens (including phenoxy) is 2. The number of aromatic carboxylic acids is 1. The summed E-state index contributed by atoms with van der Waals surface area (Å²) in [6, 6.07) is 4.51. The van der Waals surface area contributed by atoms with Crippen LogP contribution in [0.15, 0.2) is 18.2 Å². The third-order valence-corrected chi connectivity index (χ3v) is 2.28. The number of carbonyl (C=O) groups excluding carboxylic acids is 1. The Morgan fingerprint density at radius 1 is 1.39 bits per heavy atom. The van der Waals surface area contributed by atoms with Gasteiger partial charge in [0.2, 0.25) is 0 Å². The van der Waals surface area contributed by atoms with E-state index in [2.05, 4.69) is 4.74 Å². The zero-order valence-corrected chi connectivity index (χ0v) is 10.0. The van der Waals surface area contributed by atoms with Gasteiger partial charge < -0.3 is 20.3 Å². The van der Waals surface area contributed by atoms with E-state index in [1.807, 2.05) is 0 Å². The largest absolute Gasteiger partial charge is 0.490 e. The molecule has 6 nitrogen and oxygen atoms in total. The molecular formula is C12H15NO5. The number of methoxy groups -OCH3 is 1. The summed E-state index contributed by atoms with van der Waals surface area (Å²) in [5, 5.41) is 8.96. The first-order chi connectivity index (χ1) is 8.56. The van der Waals surface area contributed by atoms with Gasteiger partial charge in [-0.05, 0) is 18.6 Å². The van der Waals surface area contributed by atoms with E-state index in [0.29, 0.717) is 6.42 Å². The molecule has 0 saturated heterocycles. The van der Waals surface area contributed by atoms with E-state index >= 15 is 0 Å². The molecule has 18 heavy (non-hydrogen) atoms. The summed E-state index contributed by atoms with van der Waals surface area (Å²) in [6.07, 6.45) is 0.645. The van der Waals surface area contributed by atoms with Crippen LogP contribution in [0.2, 0.25) is 0 Å². The third kappa shape index (κ3) is 3.65. The van der Waals surface area contributed by atoms with Crippen LogP contribution in [0.25, 0.3) is 0 Å². The van der Waals surface area contributed by atoms with Gasteiger partial charge in [0.15, 0.2) is 5.75 Å². The molecule has 0 aliphatic rings. The lowest BCUT2D eigenvalue weighted by molar-refractivity contribution is -0.140. The highest BCUT2D eigenvalue weighted by Gasteiger charge is 2.13. The predicted octanol–water partition coefficient (Wildman–Crippen LogP) is 1.30. The molecule has 0 fully saturated rings. The Labute approximate surface area is 104 Å². The highest BCUT2D eigenvalue weighted by Crippen LogP contribution is 2.26. The van der Waals surface area contributed by atoms with Crippen molar-refractivity contribution in [3.05, 3.63) is 23.8 Å². The van der Waals surface area contributed by atoms with Crippen LogP contribution >= 0.6 is 0 Å². The van der Waals surface area contributed by atoms with Crippen LogP contribution in [-0.2, 0) is 9.53 Å². The molecule has 1 aromatic carbocycles. The molecule has 0 aromatic heterocycles. The zero-order chi connectivity index (χ0) is 13.5. The highest BCUT2D eigenvalue weighted by molar-refractivity contribution is 5.93. The Balaban J connectivity index is 2.61. The number of carboxylic acids is 1. The Kier molecular flexibility index (Phi) is 4.98. The quantitative estimate of drug-likeness (QED) is 0.450. The topological polar surface area (TPSA) is 98.9 Å².